The molecule has 1 aliphatic carbocycles. The molecule has 1 saturated carbocycles. The first kappa shape index (κ1) is 24.1. The van der Waals surface area contributed by atoms with Crippen LogP contribution in [-0.4, -0.2) is 50.1 Å². The fourth-order valence-corrected chi connectivity index (χ4v) is 3.54. The normalized spacial score (nSPS) is 16.5. The van der Waals surface area contributed by atoms with E-state index in [0.29, 0.717) is 30.5 Å². The number of nitrogens with zero attached hydrogens (tertiary/aromatic N) is 1. The van der Waals surface area contributed by atoms with Crippen LogP contribution in [0.5, 0.6) is 11.5 Å². The van der Waals surface area contributed by atoms with Gasteiger partial charge in [0.2, 0.25) is 5.91 Å². The minimum Gasteiger partial charge on any atom is -0.493 e. The second kappa shape index (κ2) is 10.8. The van der Waals surface area contributed by atoms with Gasteiger partial charge in [0.15, 0.2) is 18.1 Å². The predicted octanol–water partition coefficient (Wildman–Crippen LogP) is 3.50. The summed E-state index contributed by atoms with van der Waals surface area (Å²) in [5.41, 5.74) is 1.33. The van der Waals surface area contributed by atoms with E-state index in [1.54, 1.807) is 4.90 Å². The van der Waals surface area contributed by atoms with Crippen LogP contribution in [0.1, 0.15) is 36.2 Å². The van der Waals surface area contributed by atoms with E-state index in [0.717, 1.165) is 12.0 Å². The van der Waals surface area contributed by atoms with Gasteiger partial charge in [0.1, 0.15) is 0 Å². The molecular formula is C25H30N2O6. The van der Waals surface area contributed by atoms with E-state index in [-0.39, 0.29) is 29.0 Å². The Morgan fingerprint density at radius 2 is 1.70 bits per heavy atom. The number of carbonyl (C=O) groups excluding carboxylic acids is 3. The summed E-state index contributed by atoms with van der Waals surface area (Å²) in [4.78, 5) is 39.7. The van der Waals surface area contributed by atoms with Gasteiger partial charge in [-0.25, -0.2) is 4.79 Å². The number of likely N-dealkylation sites (N-methyl/N-ethyl adjacent to an activating group) is 1. The smallest absolute Gasteiger partial charge is 0.340 e. The van der Waals surface area contributed by atoms with Gasteiger partial charge >= 0.3 is 5.97 Å². The Morgan fingerprint density at radius 1 is 1.06 bits per heavy atom. The van der Waals surface area contributed by atoms with Gasteiger partial charge in [-0.2, -0.15) is 0 Å². The maximum absolute atomic E-state index is 12.9. The zero-order valence-electron chi connectivity index (χ0n) is 19.4. The van der Waals surface area contributed by atoms with Crippen LogP contribution in [0.15, 0.2) is 42.5 Å². The fourth-order valence-electron chi connectivity index (χ4n) is 3.54. The van der Waals surface area contributed by atoms with E-state index in [1.165, 1.54) is 26.4 Å². The van der Waals surface area contributed by atoms with Crippen LogP contribution in [0.25, 0.3) is 0 Å². The minimum atomic E-state index is -0.737. The highest BCUT2D eigenvalue weighted by Gasteiger charge is 2.39. The Kier molecular flexibility index (Phi) is 7.92. The molecule has 1 N–H and O–H groups in total. The molecule has 176 valence electrons. The number of ether oxygens (including phenoxy) is 3. The summed E-state index contributed by atoms with van der Waals surface area (Å²) in [5, 5.41) is 2.79. The monoisotopic (exact) mass is 454 g/mol. The molecule has 0 heterocycles. The number of nitrogens with one attached hydrogen (secondary N) is 1. The molecule has 0 radical (unpaired) electrons. The lowest BCUT2D eigenvalue weighted by atomic mass is 10.1. The Balaban J connectivity index is 1.73. The summed E-state index contributed by atoms with van der Waals surface area (Å²) < 4.78 is 15.9. The Bertz CT molecular complexity index is 1010. The first-order valence-corrected chi connectivity index (χ1v) is 10.9. The molecule has 33 heavy (non-hydrogen) atoms. The van der Waals surface area contributed by atoms with Gasteiger partial charge in [0.25, 0.3) is 5.91 Å². The quantitative estimate of drug-likeness (QED) is 0.552. The molecule has 2 aromatic carbocycles. The average molecular weight is 455 g/mol. The van der Waals surface area contributed by atoms with Crippen molar-refractivity contribution >= 4 is 23.5 Å². The van der Waals surface area contributed by atoms with Crippen molar-refractivity contribution in [3.63, 3.8) is 0 Å². The number of benzene rings is 2. The van der Waals surface area contributed by atoms with Gasteiger partial charge in [-0.15, -0.1) is 0 Å². The lowest BCUT2D eigenvalue weighted by Gasteiger charge is -2.21. The number of esters is 1. The number of amides is 2. The SMILES string of the molecule is CCN(Cc1ccccc1)C(=O)COC(=O)c1cc(OC)c(OC)cc1NC(=O)C1CC1C. The zero-order chi connectivity index (χ0) is 24.0. The van der Waals surface area contributed by atoms with E-state index < -0.39 is 12.6 Å². The van der Waals surface area contributed by atoms with Crippen molar-refractivity contribution in [2.75, 3.05) is 32.7 Å². The molecule has 8 nitrogen and oxygen atoms in total. The average Bonchev–Trinajstić information content (AvgIpc) is 3.57. The molecule has 2 atom stereocenters. The van der Waals surface area contributed by atoms with Crippen molar-refractivity contribution in [2.24, 2.45) is 11.8 Å². The van der Waals surface area contributed by atoms with E-state index in [2.05, 4.69) is 5.32 Å². The van der Waals surface area contributed by atoms with E-state index in [4.69, 9.17) is 14.2 Å². The Labute approximate surface area is 193 Å². The van der Waals surface area contributed by atoms with Crippen molar-refractivity contribution in [3.05, 3.63) is 53.6 Å². The first-order chi connectivity index (χ1) is 15.9. The standard InChI is InChI=1S/C25H30N2O6/c1-5-27(14-17-9-7-6-8-10-17)23(28)15-33-25(30)19-12-21(31-3)22(32-4)13-20(19)26-24(29)18-11-16(18)2/h6-10,12-13,16,18H,5,11,14-15H2,1-4H3,(H,26,29). The van der Waals surface area contributed by atoms with Gasteiger partial charge in [0, 0.05) is 31.1 Å². The molecule has 2 amide bonds. The van der Waals surface area contributed by atoms with Gasteiger partial charge in [0.05, 0.1) is 25.5 Å². The molecule has 3 rings (SSSR count). The largest absolute Gasteiger partial charge is 0.493 e. The summed E-state index contributed by atoms with van der Waals surface area (Å²) >= 11 is 0. The lowest BCUT2D eigenvalue weighted by Crippen LogP contribution is -2.34. The molecule has 1 aliphatic rings. The third kappa shape index (κ3) is 6.03. The predicted molar refractivity (Wildman–Crippen MR) is 123 cm³/mol. The molecule has 0 saturated heterocycles. The van der Waals surface area contributed by atoms with E-state index in [9.17, 15) is 14.4 Å². The summed E-state index contributed by atoms with van der Waals surface area (Å²) in [5.74, 6) is -0.314. The van der Waals surface area contributed by atoms with Crippen LogP contribution >= 0.6 is 0 Å². The number of hydrogen-bond acceptors (Lipinski definition) is 6. The van der Waals surface area contributed by atoms with Crippen LogP contribution in [0.2, 0.25) is 0 Å². The van der Waals surface area contributed by atoms with Gasteiger partial charge in [-0.1, -0.05) is 37.3 Å². The van der Waals surface area contributed by atoms with Crippen LogP contribution in [-0.2, 0) is 20.9 Å². The molecule has 0 aliphatic heterocycles. The number of methoxy groups -OCH3 is 2. The molecule has 2 unspecified atom stereocenters. The lowest BCUT2D eigenvalue weighted by molar-refractivity contribution is -0.135. The van der Waals surface area contributed by atoms with Crippen molar-refractivity contribution in [1.82, 2.24) is 4.90 Å². The van der Waals surface area contributed by atoms with E-state index >= 15 is 0 Å². The number of rotatable bonds is 10. The molecule has 2 aromatic rings. The summed E-state index contributed by atoms with van der Waals surface area (Å²) in [7, 11) is 2.92. The highest BCUT2D eigenvalue weighted by molar-refractivity contribution is 6.03. The number of anilines is 1. The van der Waals surface area contributed by atoms with Gasteiger partial charge in [-0.05, 0) is 24.8 Å². The number of carbonyl (C=O) groups is 3. The molecular weight excluding hydrogens is 424 g/mol. The molecule has 0 aromatic heterocycles. The molecule has 1 fully saturated rings. The van der Waals surface area contributed by atoms with Crippen LogP contribution < -0.4 is 14.8 Å². The van der Waals surface area contributed by atoms with E-state index in [1.807, 2.05) is 44.2 Å². The maximum atomic E-state index is 12.9. The van der Waals surface area contributed by atoms with Crippen molar-refractivity contribution in [3.8, 4) is 11.5 Å². The van der Waals surface area contributed by atoms with Crippen LogP contribution in [0.4, 0.5) is 5.69 Å². The second-order valence-electron chi connectivity index (χ2n) is 8.03. The third-order valence-corrected chi connectivity index (χ3v) is 5.73. The van der Waals surface area contributed by atoms with Gasteiger partial charge in [-0.3, -0.25) is 9.59 Å². The summed E-state index contributed by atoms with van der Waals surface area (Å²) in [6, 6.07) is 12.6. The second-order valence-corrected chi connectivity index (χ2v) is 8.03. The van der Waals surface area contributed by atoms with Crippen LogP contribution in [0.3, 0.4) is 0 Å². The summed E-state index contributed by atoms with van der Waals surface area (Å²) in [6.07, 6.45) is 0.807. The number of hydrogen-bond donors (Lipinski definition) is 1. The fraction of sp³-hybridized carbons (Fsp3) is 0.400. The third-order valence-electron chi connectivity index (χ3n) is 5.73. The van der Waals surface area contributed by atoms with Crippen LogP contribution in [0, 0.1) is 11.8 Å². The Morgan fingerprint density at radius 3 is 2.27 bits per heavy atom. The molecule has 0 spiro atoms. The first-order valence-electron chi connectivity index (χ1n) is 10.9. The zero-order valence-corrected chi connectivity index (χ0v) is 19.4. The highest BCUT2D eigenvalue weighted by atomic mass is 16.5. The van der Waals surface area contributed by atoms with Crippen molar-refractivity contribution in [1.29, 1.82) is 0 Å². The summed E-state index contributed by atoms with van der Waals surface area (Å²) in [6.45, 7) is 4.34. The maximum Gasteiger partial charge on any atom is 0.340 e. The molecule has 0 bridgehead atoms. The van der Waals surface area contributed by atoms with Crippen molar-refractivity contribution < 1.29 is 28.6 Å². The highest BCUT2D eigenvalue weighted by Crippen LogP contribution is 2.40. The van der Waals surface area contributed by atoms with Crippen molar-refractivity contribution in [2.45, 2.75) is 26.8 Å². The topological polar surface area (TPSA) is 94.2 Å². The molecule has 8 heteroatoms. The minimum absolute atomic E-state index is 0.0837. The Hall–Kier alpha value is -3.55. The van der Waals surface area contributed by atoms with Gasteiger partial charge < -0.3 is 24.4 Å².